The van der Waals surface area contributed by atoms with Gasteiger partial charge in [0, 0.05) is 17.1 Å². The molecule has 20 heavy (non-hydrogen) atoms. The summed E-state index contributed by atoms with van der Waals surface area (Å²) < 4.78 is 37.8. The van der Waals surface area contributed by atoms with E-state index in [0.29, 0.717) is 16.6 Å². The van der Waals surface area contributed by atoms with E-state index in [-0.39, 0.29) is 5.56 Å². The summed E-state index contributed by atoms with van der Waals surface area (Å²) in [6, 6.07) is 8.34. The molecule has 102 valence electrons. The van der Waals surface area contributed by atoms with Gasteiger partial charge in [-0.2, -0.15) is 18.4 Å². The number of hydrogen-bond acceptors (Lipinski definition) is 2. The number of pyridine rings is 1. The van der Waals surface area contributed by atoms with Gasteiger partial charge in [0.1, 0.15) is 0 Å². The topological polar surface area (TPSA) is 36.7 Å². The van der Waals surface area contributed by atoms with Gasteiger partial charge in [-0.1, -0.05) is 28.1 Å². The van der Waals surface area contributed by atoms with Gasteiger partial charge in [-0.05, 0) is 23.8 Å². The van der Waals surface area contributed by atoms with Gasteiger partial charge in [0.25, 0.3) is 0 Å². The number of nitrogens with zero attached hydrogens (tertiary/aromatic N) is 2. The molecule has 0 aliphatic rings. The van der Waals surface area contributed by atoms with Crippen LogP contribution in [0.5, 0.6) is 0 Å². The Bertz CT molecular complexity index is 658. The molecule has 0 saturated carbocycles. The largest absolute Gasteiger partial charge is 0.416 e. The highest BCUT2D eigenvalue weighted by atomic mass is 79.9. The third-order valence-corrected chi connectivity index (χ3v) is 3.37. The van der Waals surface area contributed by atoms with Crippen molar-refractivity contribution < 1.29 is 13.2 Å². The number of rotatable bonds is 2. The summed E-state index contributed by atoms with van der Waals surface area (Å²) >= 11 is 3.28. The van der Waals surface area contributed by atoms with Crippen molar-refractivity contribution in [2.45, 2.75) is 11.5 Å². The molecule has 0 aliphatic heterocycles. The van der Waals surface area contributed by atoms with Crippen LogP contribution >= 0.6 is 15.9 Å². The van der Waals surface area contributed by atoms with Crippen LogP contribution in [0.3, 0.4) is 0 Å². The summed E-state index contributed by atoms with van der Waals surface area (Å²) in [5, 5.41) is 9.66. The zero-order valence-electron chi connectivity index (χ0n) is 10.1. The normalized spacial score (nSPS) is 11.2. The van der Waals surface area contributed by atoms with Crippen LogP contribution in [0, 0.1) is 11.3 Å². The molecule has 0 unspecified atom stereocenters. The molecule has 1 heterocycles. The van der Waals surface area contributed by atoms with E-state index in [1.54, 1.807) is 24.4 Å². The minimum absolute atomic E-state index is 0.0427. The fourth-order valence-electron chi connectivity index (χ4n) is 1.70. The first-order valence-corrected chi connectivity index (χ1v) is 6.70. The molecular weight excluding hydrogens is 333 g/mol. The number of hydrogen-bond donors (Lipinski definition) is 0. The zero-order chi connectivity index (χ0) is 14.8. The van der Waals surface area contributed by atoms with Crippen LogP contribution in [-0.2, 0) is 11.5 Å². The van der Waals surface area contributed by atoms with Gasteiger partial charge in [-0.25, -0.2) is 0 Å². The molecule has 0 fully saturated rings. The second-order valence-corrected chi connectivity index (χ2v) is 4.62. The van der Waals surface area contributed by atoms with E-state index in [1.165, 1.54) is 6.07 Å². The molecule has 2 nitrogen and oxygen atoms in total. The van der Waals surface area contributed by atoms with Crippen molar-refractivity contribution in [3.05, 3.63) is 53.2 Å². The summed E-state index contributed by atoms with van der Waals surface area (Å²) in [6.07, 6.45) is -2.85. The molecule has 0 atom stereocenters. The maximum absolute atomic E-state index is 12.6. The Morgan fingerprint density at radius 1 is 1.20 bits per heavy atom. The maximum atomic E-state index is 12.6. The van der Waals surface area contributed by atoms with Crippen LogP contribution in [0.1, 0.15) is 16.7 Å². The Labute approximate surface area is 122 Å². The standard InChI is InChI=1S/C14H8BrF3N2/c15-6-9-1-4-13(20-8-9)12-3-2-11(14(16,17)18)5-10(12)7-19/h1-5,8H,6H2. The summed E-state index contributed by atoms with van der Waals surface area (Å²) in [5.74, 6) is 0. The smallest absolute Gasteiger partial charge is 0.256 e. The molecule has 0 saturated heterocycles. The molecule has 0 amide bonds. The Morgan fingerprint density at radius 2 is 1.95 bits per heavy atom. The molecule has 0 aliphatic carbocycles. The third kappa shape index (κ3) is 2.99. The first-order valence-electron chi connectivity index (χ1n) is 5.58. The number of halogens is 4. The predicted molar refractivity (Wildman–Crippen MR) is 72.0 cm³/mol. The number of aromatic nitrogens is 1. The van der Waals surface area contributed by atoms with Gasteiger partial charge < -0.3 is 0 Å². The van der Waals surface area contributed by atoms with Crippen LogP contribution in [0.4, 0.5) is 13.2 Å². The quantitative estimate of drug-likeness (QED) is 0.753. The average molecular weight is 341 g/mol. The lowest BCUT2D eigenvalue weighted by Gasteiger charge is -2.09. The van der Waals surface area contributed by atoms with Crippen LogP contribution < -0.4 is 0 Å². The Balaban J connectivity index is 2.49. The molecule has 0 bridgehead atoms. The number of benzene rings is 1. The first kappa shape index (κ1) is 14.5. The van der Waals surface area contributed by atoms with E-state index < -0.39 is 11.7 Å². The number of alkyl halides is 4. The van der Waals surface area contributed by atoms with Crippen LogP contribution in [0.2, 0.25) is 0 Å². The van der Waals surface area contributed by atoms with Crippen molar-refractivity contribution >= 4 is 15.9 Å². The van der Waals surface area contributed by atoms with Crippen molar-refractivity contribution in [2.75, 3.05) is 0 Å². The molecule has 2 rings (SSSR count). The minimum atomic E-state index is -4.46. The van der Waals surface area contributed by atoms with Crippen molar-refractivity contribution in [2.24, 2.45) is 0 Å². The van der Waals surface area contributed by atoms with Crippen molar-refractivity contribution in [3.8, 4) is 17.3 Å². The van der Waals surface area contributed by atoms with E-state index in [2.05, 4.69) is 20.9 Å². The van der Waals surface area contributed by atoms with Gasteiger partial charge in [-0.3, -0.25) is 4.98 Å². The van der Waals surface area contributed by atoms with Gasteiger partial charge in [0.05, 0.1) is 22.9 Å². The summed E-state index contributed by atoms with van der Waals surface area (Å²) in [5.41, 5.74) is 0.926. The molecule has 2 aromatic rings. The van der Waals surface area contributed by atoms with Crippen molar-refractivity contribution in [3.63, 3.8) is 0 Å². The molecular formula is C14H8BrF3N2. The lowest BCUT2D eigenvalue weighted by Crippen LogP contribution is -2.05. The molecule has 1 aromatic carbocycles. The highest BCUT2D eigenvalue weighted by Crippen LogP contribution is 2.32. The maximum Gasteiger partial charge on any atom is 0.416 e. The van der Waals surface area contributed by atoms with Gasteiger partial charge in [0.2, 0.25) is 0 Å². The van der Waals surface area contributed by atoms with E-state index in [0.717, 1.165) is 17.7 Å². The Morgan fingerprint density at radius 3 is 2.45 bits per heavy atom. The van der Waals surface area contributed by atoms with Crippen LogP contribution in [-0.4, -0.2) is 4.98 Å². The highest BCUT2D eigenvalue weighted by Gasteiger charge is 2.31. The summed E-state index contributed by atoms with van der Waals surface area (Å²) in [6.45, 7) is 0. The van der Waals surface area contributed by atoms with Crippen LogP contribution in [0.15, 0.2) is 36.5 Å². The molecule has 0 N–H and O–H groups in total. The van der Waals surface area contributed by atoms with Crippen LogP contribution in [0.25, 0.3) is 11.3 Å². The monoisotopic (exact) mass is 340 g/mol. The second-order valence-electron chi connectivity index (χ2n) is 4.06. The molecule has 6 heteroatoms. The number of nitriles is 1. The third-order valence-electron chi connectivity index (χ3n) is 2.72. The van der Waals surface area contributed by atoms with E-state index in [1.807, 2.05) is 0 Å². The SMILES string of the molecule is N#Cc1cc(C(F)(F)F)ccc1-c1ccc(CBr)cn1. The fraction of sp³-hybridized carbons (Fsp3) is 0.143. The first-order chi connectivity index (χ1) is 9.45. The van der Waals surface area contributed by atoms with Gasteiger partial charge in [0.15, 0.2) is 0 Å². The molecule has 0 spiro atoms. The fourth-order valence-corrected chi connectivity index (χ4v) is 2.03. The average Bonchev–Trinajstić information content (AvgIpc) is 2.45. The van der Waals surface area contributed by atoms with Gasteiger partial charge in [-0.15, -0.1) is 0 Å². The van der Waals surface area contributed by atoms with E-state index in [4.69, 9.17) is 5.26 Å². The van der Waals surface area contributed by atoms with Crippen molar-refractivity contribution in [1.82, 2.24) is 4.98 Å². The highest BCUT2D eigenvalue weighted by molar-refractivity contribution is 9.08. The molecule has 1 aromatic heterocycles. The minimum Gasteiger partial charge on any atom is -0.256 e. The summed E-state index contributed by atoms with van der Waals surface area (Å²) in [7, 11) is 0. The Hall–Kier alpha value is -1.87. The van der Waals surface area contributed by atoms with E-state index in [9.17, 15) is 13.2 Å². The zero-order valence-corrected chi connectivity index (χ0v) is 11.7. The van der Waals surface area contributed by atoms with E-state index >= 15 is 0 Å². The lowest BCUT2D eigenvalue weighted by atomic mass is 10.0. The second kappa shape index (κ2) is 5.63. The predicted octanol–water partition coefficient (Wildman–Crippen LogP) is 4.53. The van der Waals surface area contributed by atoms with Gasteiger partial charge >= 0.3 is 6.18 Å². The lowest BCUT2D eigenvalue weighted by molar-refractivity contribution is -0.137. The van der Waals surface area contributed by atoms with Crippen molar-refractivity contribution in [1.29, 1.82) is 5.26 Å². The Kier molecular flexibility index (Phi) is 4.09. The molecule has 0 radical (unpaired) electrons. The summed E-state index contributed by atoms with van der Waals surface area (Å²) in [4.78, 5) is 4.16.